The van der Waals surface area contributed by atoms with E-state index in [1.807, 2.05) is 0 Å². The third kappa shape index (κ3) is 5.11. The normalized spacial score (nSPS) is 11.2. The van der Waals surface area contributed by atoms with Crippen molar-refractivity contribution in [3.05, 3.63) is 11.6 Å². The first kappa shape index (κ1) is 22.3. The number of rotatable bonds is 10. The van der Waals surface area contributed by atoms with Crippen molar-refractivity contribution in [1.29, 1.82) is 0 Å². The van der Waals surface area contributed by atoms with Gasteiger partial charge in [-0.05, 0) is 34.5 Å². The Labute approximate surface area is 188 Å². The SMILES string of the molecule is CCOC(=O)Cc1nc(-c2nonc2N=Nc2nonc2-c2n[nH]c(CC(=O)OCC)n2)n[nH]1. The van der Waals surface area contributed by atoms with Crippen LogP contribution in [0.25, 0.3) is 23.0 Å². The van der Waals surface area contributed by atoms with Crippen LogP contribution in [-0.2, 0) is 31.9 Å². The average Bonchev–Trinajstić information content (AvgIpc) is 3.59. The lowest BCUT2D eigenvalue weighted by Crippen LogP contribution is -2.08. The highest BCUT2D eigenvalue weighted by molar-refractivity contribution is 5.72. The number of carbonyl (C=O) groups excluding carboxylic acids is 2. The van der Waals surface area contributed by atoms with E-state index in [0.717, 1.165) is 0 Å². The van der Waals surface area contributed by atoms with Crippen LogP contribution in [0.15, 0.2) is 19.5 Å². The Bertz CT molecular complexity index is 1200. The van der Waals surface area contributed by atoms with E-state index in [2.05, 4.69) is 61.2 Å². The molecule has 2 N–H and O–H groups in total. The summed E-state index contributed by atoms with van der Waals surface area (Å²) in [5.41, 5.74) is 0.116. The van der Waals surface area contributed by atoms with Gasteiger partial charge in [-0.25, -0.2) is 19.2 Å². The summed E-state index contributed by atoms with van der Waals surface area (Å²) >= 11 is 0. The summed E-state index contributed by atoms with van der Waals surface area (Å²) in [6, 6.07) is 0. The molecule has 0 aliphatic carbocycles. The molecular formula is C16H16N12O6. The topological polar surface area (TPSA) is 238 Å². The molecule has 0 aliphatic heterocycles. The van der Waals surface area contributed by atoms with Crippen LogP contribution in [0, 0.1) is 0 Å². The Morgan fingerprint density at radius 1 is 0.765 bits per heavy atom. The molecule has 0 amide bonds. The fourth-order valence-electron chi connectivity index (χ4n) is 2.53. The van der Waals surface area contributed by atoms with Gasteiger partial charge in [-0.15, -0.1) is 10.2 Å². The maximum absolute atomic E-state index is 11.6. The summed E-state index contributed by atoms with van der Waals surface area (Å²) < 4.78 is 19.1. The Morgan fingerprint density at radius 3 is 1.62 bits per heavy atom. The van der Waals surface area contributed by atoms with Crippen molar-refractivity contribution in [2.24, 2.45) is 10.2 Å². The molecule has 4 aromatic heterocycles. The number of ether oxygens (including phenoxy) is 2. The number of aromatic amines is 2. The van der Waals surface area contributed by atoms with Gasteiger partial charge in [-0.3, -0.25) is 19.8 Å². The molecule has 4 heterocycles. The molecule has 34 heavy (non-hydrogen) atoms. The molecule has 0 fully saturated rings. The van der Waals surface area contributed by atoms with Crippen molar-refractivity contribution in [2.45, 2.75) is 26.7 Å². The molecule has 4 rings (SSSR count). The van der Waals surface area contributed by atoms with Crippen molar-refractivity contribution < 1.29 is 28.3 Å². The standard InChI is InChI=1S/C16H16N12O6/c1-3-31-9(29)5-7-17-13(21-19-7)11-15(27-33-25-11)23-24-16-12(26-34-28-16)14-18-8(20-22-14)6-10(30)32-4-2/h3-6H2,1-2H3,(H,17,19,21)(H,18,20,22). The second-order valence-electron chi connectivity index (χ2n) is 6.25. The lowest BCUT2D eigenvalue weighted by atomic mass is 10.4. The van der Waals surface area contributed by atoms with Crippen LogP contribution in [0.4, 0.5) is 11.6 Å². The molecule has 0 radical (unpaired) electrons. The maximum atomic E-state index is 11.6. The molecular weight excluding hydrogens is 456 g/mol. The molecule has 0 atom stereocenters. The van der Waals surface area contributed by atoms with E-state index in [1.54, 1.807) is 13.8 Å². The monoisotopic (exact) mass is 472 g/mol. The van der Waals surface area contributed by atoms with Crippen molar-refractivity contribution in [2.75, 3.05) is 13.2 Å². The van der Waals surface area contributed by atoms with Crippen LogP contribution in [0.2, 0.25) is 0 Å². The number of esters is 2. The molecule has 0 bridgehead atoms. The zero-order chi connectivity index (χ0) is 23.9. The lowest BCUT2D eigenvalue weighted by molar-refractivity contribution is -0.143. The Morgan fingerprint density at radius 2 is 1.21 bits per heavy atom. The third-order valence-corrected chi connectivity index (χ3v) is 3.90. The van der Waals surface area contributed by atoms with Crippen LogP contribution in [0.3, 0.4) is 0 Å². The van der Waals surface area contributed by atoms with Gasteiger partial charge in [-0.1, -0.05) is 0 Å². The largest absolute Gasteiger partial charge is 0.466 e. The molecule has 0 aliphatic rings. The number of nitrogens with zero attached hydrogens (tertiary/aromatic N) is 10. The van der Waals surface area contributed by atoms with Crippen LogP contribution in [0.5, 0.6) is 0 Å². The van der Waals surface area contributed by atoms with E-state index in [9.17, 15) is 9.59 Å². The Kier molecular flexibility index (Phi) is 6.65. The minimum Gasteiger partial charge on any atom is -0.466 e. The molecule has 0 unspecified atom stereocenters. The van der Waals surface area contributed by atoms with Crippen molar-refractivity contribution in [1.82, 2.24) is 51.0 Å². The van der Waals surface area contributed by atoms with Crippen LogP contribution in [0.1, 0.15) is 25.5 Å². The number of H-pyrrole nitrogens is 2. The number of hydrogen-bond acceptors (Lipinski definition) is 16. The van der Waals surface area contributed by atoms with Gasteiger partial charge in [0.15, 0.2) is 0 Å². The van der Waals surface area contributed by atoms with Crippen molar-refractivity contribution >= 4 is 23.6 Å². The van der Waals surface area contributed by atoms with Crippen LogP contribution < -0.4 is 0 Å². The number of nitrogens with one attached hydrogen (secondary N) is 2. The van der Waals surface area contributed by atoms with Gasteiger partial charge in [0, 0.05) is 0 Å². The quantitative estimate of drug-likeness (QED) is 0.238. The second-order valence-corrected chi connectivity index (χ2v) is 6.25. The first-order valence-corrected chi connectivity index (χ1v) is 9.78. The van der Waals surface area contributed by atoms with E-state index in [-0.39, 0.29) is 72.4 Å². The summed E-state index contributed by atoms with van der Waals surface area (Å²) in [6.07, 6.45) is -0.211. The van der Waals surface area contributed by atoms with Gasteiger partial charge in [0.05, 0.1) is 13.2 Å². The minimum absolute atomic E-state index is 0.0581. The number of aromatic nitrogens is 10. The maximum Gasteiger partial charge on any atom is 0.313 e. The Balaban J connectivity index is 1.49. The molecule has 4 aromatic rings. The number of carbonyl (C=O) groups is 2. The third-order valence-electron chi connectivity index (χ3n) is 3.90. The fraction of sp³-hybridized carbons (Fsp3) is 0.375. The molecule has 0 saturated heterocycles. The second kappa shape index (κ2) is 10.1. The smallest absolute Gasteiger partial charge is 0.313 e. The lowest BCUT2D eigenvalue weighted by Gasteiger charge is -1.97. The number of azo groups is 1. The van der Waals surface area contributed by atoms with Gasteiger partial charge >= 0.3 is 11.9 Å². The molecule has 0 spiro atoms. The zero-order valence-electron chi connectivity index (χ0n) is 17.8. The number of hydrogen-bond donors (Lipinski definition) is 2. The van der Waals surface area contributed by atoms with Gasteiger partial charge in [-0.2, -0.15) is 10.2 Å². The van der Waals surface area contributed by atoms with Crippen LogP contribution >= 0.6 is 0 Å². The molecule has 0 saturated carbocycles. The average molecular weight is 472 g/mol. The van der Waals surface area contributed by atoms with Gasteiger partial charge in [0.2, 0.25) is 34.7 Å². The predicted octanol–water partition coefficient (Wildman–Crippen LogP) is 0.649. The van der Waals surface area contributed by atoms with Gasteiger partial charge in [0.25, 0.3) is 0 Å². The highest BCUT2D eigenvalue weighted by atomic mass is 16.6. The van der Waals surface area contributed by atoms with E-state index in [4.69, 9.17) is 18.7 Å². The Hall–Kier alpha value is -4.90. The molecule has 18 nitrogen and oxygen atoms in total. The summed E-state index contributed by atoms with van der Waals surface area (Å²) in [7, 11) is 0. The zero-order valence-corrected chi connectivity index (χ0v) is 17.8. The fourth-order valence-corrected chi connectivity index (χ4v) is 2.53. The summed E-state index contributed by atoms with van der Waals surface area (Å²) in [5.74, 6) is -0.423. The minimum atomic E-state index is -0.466. The molecule has 176 valence electrons. The molecule has 0 aromatic carbocycles. The summed E-state index contributed by atoms with van der Waals surface area (Å²) in [5, 5.41) is 35.7. The van der Waals surface area contributed by atoms with Crippen molar-refractivity contribution in [3.63, 3.8) is 0 Å². The van der Waals surface area contributed by atoms with E-state index >= 15 is 0 Å². The highest BCUT2D eigenvalue weighted by Gasteiger charge is 2.21. The van der Waals surface area contributed by atoms with E-state index in [1.165, 1.54) is 0 Å². The molecule has 18 heteroatoms. The van der Waals surface area contributed by atoms with E-state index < -0.39 is 11.9 Å². The van der Waals surface area contributed by atoms with Crippen LogP contribution in [-0.4, -0.2) is 76.1 Å². The van der Waals surface area contributed by atoms with Gasteiger partial charge in [0.1, 0.15) is 24.5 Å². The highest BCUT2D eigenvalue weighted by Crippen LogP contribution is 2.28. The first-order valence-electron chi connectivity index (χ1n) is 9.78. The summed E-state index contributed by atoms with van der Waals surface area (Å²) in [4.78, 5) is 31.5. The van der Waals surface area contributed by atoms with Crippen molar-refractivity contribution in [3.8, 4) is 23.0 Å². The van der Waals surface area contributed by atoms with Gasteiger partial charge < -0.3 is 9.47 Å². The first-order chi connectivity index (χ1) is 16.6. The summed E-state index contributed by atoms with van der Waals surface area (Å²) in [6.45, 7) is 3.89. The predicted molar refractivity (Wildman–Crippen MR) is 104 cm³/mol. The van der Waals surface area contributed by atoms with E-state index in [0.29, 0.717) is 0 Å².